The maximum Gasteiger partial charge on any atom is 0.330 e. The van der Waals surface area contributed by atoms with Gasteiger partial charge in [-0.15, -0.1) is 0 Å². The summed E-state index contributed by atoms with van der Waals surface area (Å²) >= 11 is 0. The Balaban J connectivity index is 1.78. The average molecular weight is 487 g/mol. The topological polar surface area (TPSA) is 132 Å². The fourth-order valence-electron chi connectivity index (χ4n) is 4.05. The molecule has 0 saturated heterocycles. The highest BCUT2D eigenvalue weighted by atomic mass is 16.2. The third kappa shape index (κ3) is 5.10. The molecule has 188 valence electrons. The van der Waals surface area contributed by atoms with E-state index >= 15 is 0 Å². The highest BCUT2D eigenvalue weighted by Crippen LogP contribution is 1.98. The first kappa shape index (κ1) is 25.7. The van der Waals surface area contributed by atoms with Gasteiger partial charge in [-0.2, -0.15) is 0 Å². The Morgan fingerprint density at radius 2 is 1.03 bits per heavy atom. The van der Waals surface area contributed by atoms with E-state index < -0.39 is 28.2 Å². The molecule has 0 aliphatic carbocycles. The minimum absolute atomic E-state index is 0.105. The van der Waals surface area contributed by atoms with Crippen LogP contribution >= 0.6 is 0 Å². The molecule has 0 aliphatic rings. The Hall–Kier alpha value is -3.96. The van der Waals surface area contributed by atoms with Crippen molar-refractivity contribution in [1.82, 2.24) is 27.4 Å². The Bertz CT molecular complexity index is 1630. The minimum Gasteiger partial charge on any atom is -0.300 e. The molecule has 0 bridgehead atoms. The predicted octanol–water partition coefficient (Wildman–Crippen LogP) is -1.16. The van der Waals surface area contributed by atoms with Crippen LogP contribution in [-0.4, -0.2) is 27.4 Å². The average Bonchev–Trinajstić information content (AvgIpc) is 2.80. The smallest absolute Gasteiger partial charge is 0.300 e. The van der Waals surface area contributed by atoms with Crippen molar-refractivity contribution < 1.29 is 0 Å². The van der Waals surface area contributed by atoms with Gasteiger partial charge in [-0.25, -0.2) is 14.4 Å². The quantitative estimate of drug-likeness (QED) is 0.394. The number of rotatable bonds is 8. The summed E-state index contributed by atoms with van der Waals surface area (Å²) in [6, 6.07) is 2.75. The first-order valence-electron chi connectivity index (χ1n) is 11.3. The van der Waals surface area contributed by atoms with Crippen LogP contribution < -0.4 is 33.7 Å². The van der Waals surface area contributed by atoms with Crippen molar-refractivity contribution in [3.63, 3.8) is 0 Å². The lowest BCUT2D eigenvalue weighted by Gasteiger charge is -2.14. The van der Waals surface area contributed by atoms with E-state index in [4.69, 9.17) is 0 Å². The van der Waals surface area contributed by atoms with Gasteiger partial charge in [0.25, 0.3) is 16.7 Å². The van der Waals surface area contributed by atoms with Crippen LogP contribution in [0.15, 0.2) is 47.1 Å². The molecule has 0 N–H and O–H groups in total. The molecule has 3 rings (SSSR count). The molecule has 12 heteroatoms. The van der Waals surface area contributed by atoms with Gasteiger partial charge in [0, 0.05) is 75.6 Å². The number of nitrogens with zero attached hydrogens (tertiary/aromatic N) is 6. The summed E-state index contributed by atoms with van der Waals surface area (Å²) in [5.74, 6) is 0. The van der Waals surface area contributed by atoms with Gasteiger partial charge >= 0.3 is 17.1 Å². The van der Waals surface area contributed by atoms with Crippen molar-refractivity contribution in [2.24, 2.45) is 14.1 Å². The van der Waals surface area contributed by atoms with Gasteiger partial charge in [0.1, 0.15) is 0 Å². The zero-order valence-electron chi connectivity index (χ0n) is 20.6. The van der Waals surface area contributed by atoms with E-state index in [0.29, 0.717) is 36.3 Å². The SMILES string of the molecule is Cc1cn(CCCn2c(C)cc(=O)n(C)c2=O)c(=O)n(CCCn2c(C)cc(=O)n(C)c2=O)c1=O. The first-order valence-corrected chi connectivity index (χ1v) is 11.3. The van der Waals surface area contributed by atoms with Crippen molar-refractivity contribution in [3.05, 3.63) is 97.8 Å². The second kappa shape index (κ2) is 10.1. The number of aromatic nitrogens is 6. The maximum atomic E-state index is 13.0. The van der Waals surface area contributed by atoms with Gasteiger partial charge in [0.05, 0.1) is 0 Å². The molecule has 0 radical (unpaired) electrons. The van der Waals surface area contributed by atoms with Crippen LogP contribution in [0.1, 0.15) is 29.8 Å². The molecule has 35 heavy (non-hydrogen) atoms. The summed E-state index contributed by atoms with van der Waals surface area (Å²) in [5, 5.41) is 0. The molecular weight excluding hydrogens is 456 g/mol. The molecule has 0 unspecified atom stereocenters. The van der Waals surface area contributed by atoms with Crippen LogP contribution in [0.25, 0.3) is 0 Å². The number of hydrogen-bond acceptors (Lipinski definition) is 6. The molecule has 0 saturated carbocycles. The van der Waals surface area contributed by atoms with Crippen molar-refractivity contribution in [1.29, 1.82) is 0 Å². The Labute approximate surface area is 199 Å². The largest absolute Gasteiger partial charge is 0.330 e. The third-order valence-electron chi connectivity index (χ3n) is 6.17. The van der Waals surface area contributed by atoms with Crippen molar-refractivity contribution >= 4 is 0 Å². The van der Waals surface area contributed by atoms with Crippen LogP contribution in [0.4, 0.5) is 0 Å². The van der Waals surface area contributed by atoms with Crippen molar-refractivity contribution in [2.75, 3.05) is 0 Å². The van der Waals surface area contributed by atoms with Gasteiger partial charge in [0.15, 0.2) is 0 Å². The highest BCUT2D eigenvalue weighted by Gasteiger charge is 2.11. The molecule has 3 aromatic heterocycles. The van der Waals surface area contributed by atoms with E-state index in [-0.39, 0.29) is 25.2 Å². The Morgan fingerprint density at radius 1 is 0.600 bits per heavy atom. The van der Waals surface area contributed by atoms with E-state index in [9.17, 15) is 28.8 Å². The summed E-state index contributed by atoms with van der Waals surface area (Å²) in [6.07, 6.45) is 2.27. The van der Waals surface area contributed by atoms with E-state index in [1.54, 1.807) is 20.8 Å². The molecular formula is C23H30N6O6. The summed E-state index contributed by atoms with van der Waals surface area (Å²) < 4.78 is 7.53. The van der Waals surface area contributed by atoms with Gasteiger partial charge in [-0.05, 0) is 33.6 Å². The van der Waals surface area contributed by atoms with E-state index in [1.807, 2.05) is 0 Å². The van der Waals surface area contributed by atoms with Gasteiger partial charge in [-0.3, -0.25) is 37.2 Å². The molecule has 0 atom stereocenters. The van der Waals surface area contributed by atoms with Gasteiger partial charge < -0.3 is 4.57 Å². The zero-order valence-corrected chi connectivity index (χ0v) is 20.6. The fraction of sp³-hybridized carbons (Fsp3) is 0.478. The zero-order chi connectivity index (χ0) is 26.0. The summed E-state index contributed by atoms with van der Waals surface area (Å²) in [4.78, 5) is 73.8. The van der Waals surface area contributed by atoms with Crippen LogP contribution in [0.2, 0.25) is 0 Å². The predicted molar refractivity (Wildman–Crippen MR) is 130 cm³/mol. The van der Waals surface area contributed by atoms with Gasteiger partial charge in [-0.1, -0.05) is 0 Å². The maximum absolute atomic E-state index is 13.0. The van der Waals surface area contributed by atoms with Crippen LogP contribution in [0.3, 0.4) is 0 Å². The first-order chi connectivity index (χ1) is 16.4. The van der Waals surface area contributed by atoms with Crippen LogP contribution in [0, 0.1) is 20.8 Å². The molecule has 0 aliphatic heterocycles. The fourth-order valence-corrected chi connectivity index (χ4v) is 4.05. The van der Waals surface area contributed by atoms with E-state index in [0.717, 1.165) is 13.7 Å². The molecule has 3 aromatic rings. The molecule has 12 nitrogen and oxygen atoms in total. The highest BCUT2D eigenvalue weighted by molar-refractivity contribution is 5.03. The second-order valence-electron chi connectivity index (χ2n) is 8.69. The number of aryl methyl sites for hydroxylation is 4. The van der Waals surface area contributed by atoms with E-state index in [1.165, 1.54) is 46.1 Å². The van der Waals surface area contributed by atoms with Crippen molar-refractivity contribution in [3.8, 4) is 0 Å². The molecule has 0 aromatic carbocycles. The normalized spacial score (nSPS) is 11.2. The summed E-state index contributed by atoms with van der Waals surface area (Å²) in [6.45, 7) is 5.88. The van der Waals surface area contributed by atoms with Crippen LogP contribution in [0.5, 0.6) is 0 Å². The van der Waals surface area contributed by atoms with E-state index in [2.05, 4.69) is 0 Å². The lowest BCUT2D eigenvalue weighted by molar-refractivity contribution is 0.464. The lowest BCUT2D eigenvalue weighted by atomic mass is 10.3. The molecule has 0 fully saturated rings. The van der Waals surface area contributed by atoms with Gasteiger partial charge in [0.2, 0.25) is 0 Å². The summed E-state index contributed by atoms with van der Waals surface area (Å²) in [7, 11) is 2.81. The molecule has 0 amide bonds. The lowest BCUT2D eigenvalue weighted by Crippen LogP contribution is -2.42. The molecule has 3 heterocycles. The standard InChI is InChI=1S/C23H30N6O6/c1-15-14-26(8-6-9-27-16(2)12-18(30)24(4)21(27)33)23(35)29(20(15)32)11-7-10-28-17(3)13-19(31)25(5)22(28)34/h12-14H,6-11H2,1-5H3. The third-order valence-corrected chi connectivity index (χ3v) is 6.17. The summed E-state index contributed by atoms with van der Waals surface area (Å²) in [5.41, 5.74) is -1.08. The second-order valence-corrected chi connectivity index (χ2v) is 8.69. The minimum atomic E-state index is -0.477. The Morgan fingerprint density at radius 3 is 1.51 bits per heavy atom. The molecule has 0 spiro atoms. The Kier molecular flexibility index (Phi) is 7.42. The number of hydrogen-bond donors (Lipinski definition) is 0. The monoisotopic (exact) mass is 486 g/mol. The van der Waals surface area contributed by atoms with Crippen molar-refractivity contribution in [2.45, 2.75) is 59.8 Å². The van der Waals surface area contributed by atoms with Crippen LogP contribution in [-0.2, 0) is 40.3 Å².